The van der Waals surface area contributed by atoms with E-state index >= 15 is 0 Å². The summed E-state index contributed by atoms with van der Waals surface area (Å²) in [6.07, 6.45) is 0. The van der Waals surface area contributed by atoms with Crippen LogP contribution in [0.15, 0.2) is 48.5 Å². The molecule has 1 amide bonds. The first kappa shape index (κ1) is 17.9. The fourth-order valence-electron chi connectivity index (χ4n) is 2.43. The summed E-state index contributed by atoms with van der Waals surface area (Å²) in [4.78, 5) is 13.8. The van der Waals surface area contributed by atoms with Gasteiger partial charge in [-0.05, 0) is 42.9 Å². The molecule has 2 N–H and O–H groups in total. The molecule has 5 nitrogen and oxygen atoms in total. The van der Waals surface area contributed by atoms with Crippen LogP contribution in [0.3, 0.4) is 0 Å². The quantitative estimate of drug-likeness (QED) is 0.817. The number of hydrogen-bond acceptors (Lipinski definition) is 4. The first-order chi connectivity index (χ1) is 11.5. The van der Waals surface area contributed by atoms with Crippen LogP contribution in [0.25, 0.3) is 0 Å². The van der Waals surface area contributed by atoms with Gasteiger partial charge in [0.2, 0.25) is 5.91 Å². The second-order valence-electron chi connectivity index (χ2n) is 5.45. The molecule has 1 unspecified atom stereocenters. The zero-order valence-electron chi connectivity index (χ0n) is 13.7. The minimum atomic E-state index is -0.410. The summed E-state index contributed by atoms with van der Waals surface area (Å²) < 4.78 is 18.3. The lowest BCUT2D eigenvalue weighted by Gasteiger charge is -2.26. The Morgan fingerprint density at radius 3 is 2.58 bits per heavy atom. The molecule has 0 aliphatic rings. The number of aliphatic hydroxyl groups is 1. The van der Waals surface area contributed by atoms with Crippen molar-refractivity contribution in [3.63, 3.8) is 0 Å². The number of aliphatic hydroxyl groups excluding tert-OH is 1. The molecule has 0 aliphatic heterocycles. The number of nitrogens with one attached hydrogen (secondary N) is 1. The summed E-state index contributed by atoms with van der Waals surface area (Å²) in [6.45, 7) is -0.0656. The zero-order valence-corrected chi connectivity index (χ0v) is 13.7. The topological polar surface area (TPSA) is 61.8 Å². The Morgan fingerprint density at radius 1 is 1.29 bits per heavy atom. The SMILES string of the molecule is COc1ccc(C(CO)N(C)CC(=O)Nc2cccc(F)c2)cc1. The van der Waals surface area contributed by atoms with Gasteiger partial charge >= 0.3 is 0 Å². The molecule has 0 radical (unpaired) electrons. The largest absolute Gasteiger partial charge is 0.497 e. The van der Waals surface area contributed by atoms with Gasteiger partial charge in [-0.25, -0.2) is 4.39 Å². The van der Waals surface area contributed by atoms with Crippen LogP contribution in [0.2, 0.25) is 0 Å². The maximum Gasteiger partial charge on any atom is 0.238 e. The van der Waals surface area contributed by atoms with E-state index in [0.717, 1.165) is 11.3 Å². The summed E-state index contributed by atoms with van der Waals surface area (Å²) >= 11 is 0. The van der Waals surface area contributed by atoms with Gasteiger partial charge in [0, 0.05) is 5.69 Å². The van der Waals surface area contributed by atoms with Crippen LogP contribution in [0.1, 0.15) is 11.6 Å². The Labute approximate surface area is 140 Å². The van der Waals surface area contributed by atoms with E-state index in [0.29, 0.717) is 5.69 Å². The lowest BCUT2D eigenvalue weighted by atomic mass is 10.1. The monoisotopic (exact) mass is 332 g/mol. The molecular weight excluding hydrogens is 311 g/mol. The van der Waals surface area contributed by atoms with Crippen molar-refractivity contribution in [2.45, 2.75) is 6.04 Å². The first-order valence-corrected chi connectivity index (χ1v) is 7.54. The third kappa shape index (κ3) is 4.78. The number of hydrogen-bond donors (Lipinski definition) is 2. The van der Waals surface area contributed by atoms with Crippen LogP contribution < -0.4 is 10.1 Å². The number of ether oxygens (including phenoxy) is 1. The Balaban J connectivity index is 1.99. The highest BCUT2D eigenvalue weighted by atomic mass is 19.1. The van der Waals surface area contributed by atoms with E-state index in [9.17, 15) is 14.3 Å². The van der Waals surface area contributed by atoms with Crippen molar-refractivity contribution in [3.05, 3.63) is 59.9 Å². The van der Waals surface area contributed by atoms with E-state index in [1.165, 1.54) is 18.2 Å². The van der Waals surface area contributed by atoms with Crippen molar-refractivity contribution >= 4 is 11.6 Å². The fraction of sp³-hybridized carbons (Fsp3) is 0.278. The van der Waals surface area contributed by atoms with E-state index in [2.05, 4.69) is 5.32 Å². The number of benzene rings is 2. The number of nitrogens with zero attached hydrogens (tertiary/aromatic N) is 1. The number of carbonyl (C=O) groups is 1. The van der Waals surface area contributed by atoms with Gasteiger partial charge in [-0.3, -0.25) is 9.69 Å². The molecule has 2 rings (SSSR count). The lowest BCUT2D eigenvalue weighted by molar-refractivity contribution is -0.117. The van der Waals surface area contributed by atoms with Crippen LogP contribution >= 0.6 is 0 Å². The zero-order chi connectivity index (χ0) is 17.5. The summed E-state index contributed by atoms with van der Waals surface area (Å²) in [5, 5.41) is 12.3. The van der Waals surface area contributed by atoms with Crippen molar-refractivity contribution in [1.29, 1.82) is 0 Å². The summed E-state index contributed by atoms with van der Waals surface area (Å²) in [6, 6.07) is 12.7. The predicted molar refractivity (Wildman–Crippen MR) is 90.5 cm³/mol. The van der Waals surface area contributed by atoms with Gasteiger partial charge in [-0.2, -0.15) is 0 Å². The maximum atomic E-state index is 13.1. The molecule has 6 heteroatoms. The lowest BCUT2D eigenvalue weighted by Crippen LogP contribution is -2.34. The molecule has 0 heterocycles. The van der Waals surface area contributed by atoms with Gasteiger partial charge in [0.05, 0.1) is 26.3 Å². The van der Waals surface area contributed by atoms with Crippen LogP contribution in [0.4, 0.5) is 10.1 Å². The van der Waals surface area contributed by atoms with Crippen molar-refractivity contribution in [3.8, 4) is 5.75 Å². The summed E-state index contributed by atoms with van der Waals surface area (Å²) in [5.74, 6) is 0.0321. The van der Waals surface area contributed by atoms with Gasteiger partial charge in [0.1, 0.15) is 11.6 Å². The number of carbonyl (C=O) groups excluding carboxylic acids is 1. The van der Waals surface area contributed by atoms with Crippen LogP contribution in [-0.4, -0.2) is 43.2 Å². The maximum absolute atomic E-state index is 13.1. The van der Waals surface area contributed by atoms with Crippen molar-refractivity contribution in [1.82, 2.24) is 4.90 Å². The number of methoxy groups -OCH3 is 1. The molecule has 0 aromatic heterocycles. The van der Waals surface area contributed by atoms with E-state index in [4.69, 9.17) is 4.74 Å². The fourth-order valence-corrected chi connectivity index (χ4v) is 2.43. The van der Waals surface area contributed by atoms with Crippen LogP contribution in [0, 0.1) is 5.82 Å². The van der Waals surface area contributed by atoms with Gasteiger partial charge in [-0.15, -0.1) is 0 Å². The van der Waals surface area contributed by atoms with Crippen molar-refractivity contribution in [2.75, 3.05) is 32.6 Å². The van der Waals surface area contributed by atoms with Gasteiger partial charge in [0.15, 0.2) is 0 Å². The first-order valence-electron chi connectivity index (χ1n) is 7.54. The normalized spacial score (nSPS) is 12.0. The standard InChI is InChI=1S/C18H21FN2O3/c1-21(11-18(23)20-15-5-3-4-14(19)10-15)17(12-22)13-6-8-16(24-2)9-7-13/h3-10,17,22H,11-12H2,1-2H3,(H,20,23). The minimum Gasteiger partial charge on any atom is -0.497 e. The molecule has 0 saturated carbocycles. The average molecular weight is 332 g/mol. The molecule has 2 aromatic rings. The number of likely N-dealkylation sites (N-methyl/N-ethyl adjacent to an activating group) is 1. The highest BCUT2D eigenvalue weighted by molar-refractivity contribution is 5.92. The molecule has 0 spiro atoms. The third-order valence-electron chi connectivity index (χ3n) is 3.71. The second kappa shape index (κ2) is 8.42. The molecule has 24 heavy (non-hydrogen) atoms. The Kier molecular flexibility index (Phi) is 6.28. The second-order valence-corrected chi connectivity index (χ2v) is 5.45. The number of halogens is 1. The minimum absolute atomic E-state index is 0.0633. The van der Waals surface area contributed by atoms with Crippen LogP contribution in [0.5, 0.6) is 5.75 Å². The van der Waals surface area contributed by atoms with Gasteiger partial charge in [-0.1, -0.05) is 18.2 Å². The van der Waals surface area contributed by atoms with Crippen molar-refractivity contribution in [2.24, 2.45) is 0 Å². The Morgan fingerprint density at radius 2 is 2.00 bits per heavy atom. The molecule has 0 fully saturated rings. The summed E-state index contributed by atoms with van der Waals surface area (Å²) in [5.41, 5.74) is 1.28. The molecule has 0 saturated heterocycles. The Bertz CT molecular complexity index is 676. The van der Waals surface area contributed by atoms with Crippen LogP contribution in [-0.2, 0) is 4.79 Å². The van der Waals surface area contributed by atoms with Crippen molar-refractivity contribution < 1.29 is 19.0 Å². The number of rotatable bonds is 7. The van der Waals surface area contributed by atoms with E-state index in [1.807, 2.05) is 12.1 Å². The molecule has 128 valence electrons. The van der Waals surface area contributed by atoms with E-state index in [1.54, 1.807) is 37.3 Å². The molecule has 1 atom stereocenters. The number of amides is 1. The molecular formula is C18H21FN2O3. The highest BCUT2D eigenvalue weighted by Crippen LogP contribution is 2.21. The predicted octanol–water partition coefficient (Wildman–Crippen LogP) is 2.44. The molecule has 0 aliphatic carbocycles. The molecule has 0 bridgehead atoms. The average Bonchev–Trinajstić information content (AvgIpc) is 2.56. The van der Waals surface area contributed by atoms with Gasteiger partial charge < -0.3 is 15.2 Å². The highest BCUT2D eigenvalue weighted by Gasteiger charge is 2.19. The third-order valence-corrected chi connectivity index (χ3v) is 3.71. The summed E-state index contributed by atoms with van der Waals surface area (Å²) in [7, 11) is 3.33. The van der Waals surface area contributed by atoms with E-state index in [-0.39, 0.29) is 25.1 Å². The van der Waals surface area contributed by atoms with E-state index < -0.39 is 5.82 Å². The van der Waals surface area contributed by atoms with Gasteiger partial charge in [0.25, 0.3) is 0 Å². The number of anilines is 1. The Hall–Kier alpha value is -2.44. The smallest absolute Gasteiger partial charge is 0.238 e. The molecule has 2 aromatic carbocycles.